The first-order chi connectivity index (χ1) is 4.75. The summed E-state index contributed by atoms with van der Waals surface area (Å²) in [4.78, 5) is 13.8. The Morgan fingerprint density at radius 3 is 2.82 bits per heavy atom. The van der Waals surface area contributed by atoms with Gasteiger partial charge in [-0.15, -0.1) is 0 Å². The molecule has 0 fully saturated rings. The Bertz CT molecular complexity index is 246. The number of hydrogen-bond donors (Lipinski definition) is 0. The first kappa shape index (κ1) is 10.7. The van der Waals surface area contributed by atoms with Crippen molar-refractivity contribution in [2.24, 2.45) is 0 Å². The van der Waals surface area contributed by atoms with Crippen LogP contribution in [0.1, 0.15) is 17.5 Å². The molecule has 0 N–H and O–H groups in total. The van der Waals surface area contributed by atoms with Crippen LogP contribution < -0.4 is 34.7 Å². The number of rotatable bonds is 2. The summed E-state index contributed by atoms with van der Waals surface area (Å²) in [6.45, 7) is 2.44. The van der Waals surface area contributed by atoms with Crippen molar-refractivity contribution in [3.8, 4) is 0 Å². The average molecular weight is 162 g/mol. The molecular formula is C6H7N2NaO2. The monoisotopic (exact) mass is 162 g/mol. The number of nitrogens with zero attached hydrogens (tertiary/aromatic N) is 2. The van der Waals surface area contributed by atoms with Crippen molar-refractivity contribution in [2.45, 2.75) is 13.5 Å². The Hall–Kier alpha value is -0.320. The molecule has 0 radical (unpaired) electrons. The zero-order valence-corrected chi connectivity index (χ0v) is 8.57. The molecule has 0 spiro atoms. The molecule has 54 valence electrons. The molecule has 0 unspecified atom stereocenters. The smallest absolute Gasteiger partial charge is 0.542 e. The van der Waals surface area contributed by atoms with Gasteiger partial charge in [-0.25, -0.2) is 4.98 Å². The molecule has 0 bridgehead atoms. The summed E-state index contributed by atoms with van der Waals surface area (Å²) in [5.74, 6) is -1.24. The summed E-state index contributed by atoms with van der Waals surface area (Å²) in [6, 6.07) is 0. The number of carbonyl (C=O) groups excluding carboxylic acids is 1. The topological polar surface area (TPSA) is 58.0 Å². The largest absolute Gasteiger partial charge is 1.00 e. The Morgan fingerprint density at radius 2 is 2.45 bits per heavy atom. The molecule has 0 atom stereocenters. The van der Waals surface area contributed by atoms with Gasteiger partial charge in [-0.1, -0.05) is 0 Å². The number of carbonyl (C=O) groups is 1. The molecule has 0 saturated heterocycles. The van der Waals surface area contributed by atoms with Crippen molar-refractivity contribution < 1.29 is 39.5 Å². The van der Waals surface area contributed by atoms with Crippen LogP contribution >= 0.6 is 0 Å². The van der Waals surface area contributed by atoms with Gasteiger partial charge < -0.3 is 14.5 Å². The molecule has 11 heavy (non-hydrogen) atoms. The van der Waals surface area contributed by atoms with E-state index in [2.05, 4.69) is 4.98 Å². The molecule has 0 aliphatic carbocycles. The van der Waals surface area contributed by atoms with Crippen LogP contribution in [0.5, 0.6) is 0 Å². The number of aromatic nitrogens is 2. The minimum absolute atomic E-state index is 0. The summed E-state index contributed by atoms with van der Waals surface area (Å²) in [6.07, 6.45) is 3.04. The van der Waals surface area contributed by atoms with Crippen LogP contribution in [0.4, 0.5) is 0 Å². The van der Waals surface area contributed by atoms with E-state index < -0.39 is 5.97 Å². The van der Waals surface area contributed by atoms with Crippen molar-refractivity contribution in [3.05, 3.63) is 18.2 Å². The van der Waals surface area contributed by atoms with Crippen LogP contribution in [0, 0.1) is 0 Å². The molecule has 1 aromatic rings. The maximum absolute atomic E-state index is 10.2. The molecule has 0 aliphatic heterocycles. The molecular weight excluding hydrogens is 155 g/mol. The molecule has 1 heterocycles. The standard InChI is InChI=1S/C6H8N2O2.Na/c1-2-8-4-3-7-5(8)6(9)10;/h3-4H,2H2,1H3,(H,9,10);/q;+1/p-1. The van der Waals surface area contributed by atoms with Gasteiger partial charge in [0.15, 0.2) is 5.82 Å². The minimum atomic E-state index is -1.23. The molecule has 5 heteroatoms. The Labute approximate surface area is 86.5 Å². The summed E-state index contributed by atoms with van der Waals surface area (Å²) in [5, 5.41) is 10.2. The summed E-state index contributed by atoms with van der Waals surface area (Å²) in [7, 11) is 0. The molecule has 0 amide bonds. The van der Waals surface area contributed by atoms with Crippen LogP contribution in [0.2, 0.25) is 0 Å². The summed E-state index contributed by atoms with van der Waals surface area (Å²) < 4.78 is 1.51. The quantitative estimate of drug-likeness (QED) is 0.420. The SMILES string of the molecule is CCn1ccnc1C(=O)[O-].[Na+]. The van der Waals surface area contributed by atoms with Crippen LogP contribution in [0.25, 0.3) is 0 Å². The van der Waals surface area contributed by atoms with Crippen molar-refractivity contribution >= 4 is 5.97 Å². The first-order valence-electron chi connectivity index (χ1n) is 2.98. The van der Waals surface area contributed by atoms with Gasteiger partial charge in [0, 0.05) is 18.9 Å². The van der Waals surface area contributed by atoms with Gasteiger partial charge in [0.25, 0.3) is 0 Å². The fourth-order valence-electron chi connectivity index (χ4n) is 0.754. The third-order valence-corrected chi connectivity index (χ3v) is 1.24. The minimum Gasteiger partial charge on any atom is -0.542 e. The third-order valence-electron chi connectivity index (χ3n) is 1.24. The molecule has 0 aliphatic rings. The van der Waals surface area contributed by atoms with E-state index in [9.17, 15) is 9.90 Å². The Balaban J connectivity index is 0.000001000. The van der Waals surface area contributed by atoms with Crippen LogP contribution in [-0.4, -0.2) is 15.5 Å². The fraction of sp³-hybridized carbons (Fsp3) is 0.333. The first-order valence-corrected chi connectivity index (χ1v) is 2.98. The molecule has 4 nitrogen and oxygen atoms in total. The fourth-order valence-corrected chi connectivity index (χ4v) is 0.754. The number of aryl methyl sites for hydroxylation is 1. The van der Waals surface area contributed by atoms with E-state index in [1.807, 2.05) is 6.92 Å². The normalized spacial score (nSPS) is 8.82. The third kappa shape index (κ3) is 2.32. The van der Waals surface area contributed by atoms with E-state index in [4.69, 9.17) is 0 Å². The number of carboxylic acid groups (broad SMARTS) is 1. The molecule has 1 rings (SSSR count). The zero-order valence-electron chi connectivity index (χ0n) is 6.57. The molecule has 0 saturated carbocycles. The van der Waals surface area contributed by atoms with E-state index in [1.165, 1.54) is 10.8 Å². The molecule has 1 aromatic heterocycles. The van der Waals surface area contributed by atoms with Gasteiger partial charge in [0.2, 0.25) is 0 Å². The second-order valence-electron chi connectivity index (χ2n) is 1.82. The number of hydrogen-bond acceptors (Lipinski definition) is 3. The van der Waals surface area contributed by atoms with Gasteiger partial charge in [0.05, 0.1) is 0 Å². The van der Waals surface area contributed by atoms with Crippen molar-refractivity contribution in [2.75, 3.05) is 0 Å². The molecule has 0 aromatic carbocycles. The van der Waals surface area contributed by atoms with Crippen molar-refractivity contribution in [3.63, 3.8) is 0 Å². The van der Waals surface area contributed by atoms with Crippen LogP contribution in [0.15, 0.2) is 12.4 Å². The van der Waals surface area contributed by atoms with Crippen LogP contribution in [0.3, 0.4) is 0 Å². The number of aromatic carboxylic acids is 1. The Morgan fingerprint density at radius 1 is 1.82 bits per heavy atom. The van der Waals surface area contributed by atoms with E-state index in [1.54, 1.807) is 6.20 Å². The zero-order chi connectivity index (χ0) is 7.56. The second-order valence-corrected chi connectivity index (χ2v) is 1.82. The predicted molar refractivity (Wildman–Crippen MR) is 32.2 cm³/mol. The van der Waals surface area contributed by atoms with E-state index in [-0.39, 0.29) is 35.4 Å². The second kappa shape index (κ2) is 4.54. The summed E-state index contributed by atoms with van der Waals surface area (Å²) in [5.41, 5.74) is 0. The Kier molecular flexibility index (Phi) is 4.40. The number of carboxylic acids is 1. The van der Waals surface area contributed by atoms with Gasteiger partial charge in [-0.05, 0) is 6.92 Å². The average Bonchev–Trinajstić information content (AvgIpc) is 2.33. The van der Waals surface area contributed by atoms with Crippen molar-refractivity contribution in [1.29, 1.82) is 0 Å². The van der Waals surface area contributed by atoms with E-state index >= 15 is 0 Å². The number of imidazole rings is 1. The van der Waals surface area contributed by atoms with E-state index in [0.717, 1.165) is 0 Å². The van der Waals surface area contributed by atoms with Gasteiger partial charge in [-0.2, -0.15) is 0 Å². The van der Waals surface area contributed by atoms with Gasteiger partial charge >= 0.3 is 29.6 Å². The van der Waals surface area contributed by atoms with Crippen molar-refractivity contribution in [1.82, 2.24) is 9.55 Å². The van der Waals surface area contributed by atoms with E-state index in [0.29, 0.717) is 6.54 Å². The summed E-state index contributed by atoms with van der Waals surface area (Å²) >= 11 is 0. The van der Waals surface area contributed by atoms with Gasteiger partial charge in [-0.3, -0.25) is 0 Å². The van der Waals surface area contributed by atoms with Crippen LogP contribution in [-0.2, 0) is 6.54 Å². The maximum atomic E-state index is 10.2. The maximum Gasteiger partial charge on any atom is 1.00 e. The predicted octanol–water partition coefficient (Wildman–Crippen LogP) is -3.73. The van der Waals surface area contributed by atoms with Gasteiger partial charge in [0.1, 0.15) is 5.97 Å².